The van der Waals surface area contributed by atoms with Crippen molar-refractivity contribution in [3.05, 3.63) is 59.1 Å². The zero-order chi connectivity index (χ0) is 26.4. The zero-order valence-electron chi connectivity index (χ0n) is 20.0. The predicted octanol–water partition coefficient (Wildman–Crippen LogP) is 4.13. The van der Waals surface area contributed by atoms with Crippen LogP contribution in [0.1, 0.15) is 5.56 Å². The number of hydrogen-bond donors (Lipinski definition) is 2. The number of halogens is 4. The highest BCUT2D eigenvalue weighted by Gasteiger charge is 2.38. The molecule has 2 aromatic carbocycles. The van der Waals surface area contributed by atoms with Crippen molar-refractivity contribution in [1.29, 1.82) is 0 Å². The Bertz CT molecular complexity index is 1250. The van der Waals surface area contributed by atoms with Crippen LogP contribution >= 0.6 is 46.0 Å². The minimum atomic E-state index is -1.13. The number of aliphatic imine (C=N–C) groups is 1. The van der Waals surface area contributed by atoms with Crippen LogP contribution in [0.5, 0.6) is 0 Å². The lowest BCUT2D eigenvalue weighted by Crippen LogP contribution is -2.58. The molecular weight excluding hydrogens is 637 g/mol. The van der Waals surface area contributed by atoms with Crippen LogP contribution in [-0.2, 0) is 4.74 Å². The highest BCUT2D eigenvalue weighted by atomic mass is 127. The first kappa shape index (κ1) is 27.1. The van der Waals surface area contributed by atoms with Gasteiger partial charge in [0.15, 0.2) is 0 Å². The van der Waals surface area contributed by atoms with Crippen LogP contribution in [0.3, 0.4) is 0 Å². The third-order valence-electron chi connectivity index (χ3n) is 6.70. The monoisotopic (exact) mass is 662 g/mol. The molecule has 0 aromatic heterocycles. The molecule has 1 fully saturated rings. The van der Waals surface area contributed by atoms with Crippen LogP contribution in [0, 0.1) is 11.6 Å². The van der Waals surface area contributed by atoms with Crippen molar-refractivity contribution in [3.63, 3.8) is 0 Å². The lowest BCUT2D eigenvalue weighted by Gasteiger charge is -2.44. The van der Waals surface area contributed by atoms with Crippen molar-refractivity contribution in [2.75, 3.05) is 44.0 Å². The molecule has 1 saturated heterocycles. The van der Waals surface area contributed by atoms with E-state index in [9.17, 15) is 19.0 Å². The number of likely N-dealkylation sites (N-methyl/N-ethyl adjacent to an activating group) is 1. The van der Waals surface area contributed by atoms with E-state index in [0.29, 0.717) is 54.0 Å². The zero-order valence-corrected chi connectivity index (χ0v) is 23.7. The molecule has 2 N–H and O–H groups in total. The number of morpholine rings is 1. The Labute approximate surface area is 236 Å². The summed E-state index contributed by atoms with van der Waals surface area (Å²) in [6, 6.07) is 5.00. The van der Waals surface area contributed by atoms with Gasteiger partial charge in [0.1, 0.15) is 23.7 Å². The molecule has 4 unspecified atom stereocenters. The van der Waals surface area contributed by atoms with Gasteiger partial charge in [-0.15, -0.1) is 11.8 Å². The van der Waals surface area contributed by atoms with E-state index in [1.807, 2.05) is 16.8 Å². The summed E-state index contributed by atoms with van der Waals surface area (Å²) in [5.74, 6) is -0.199. The van der Waals surface area contributed by atoms with Crippen LogP contribution in [0.25, 0.3) is 11.1 Å². The summed E-state index contributed by atoms with van der Waals surface area (Å²) < 4.78 is 34.2. The first-order valence-corrected chi connectivity index (χ1v) is 14.3. The Balaban J connectivity index is 1.56. The lowest BCUT2D eigenvalue weighted by molar-refractivity contribution is -0.0836. The van der Waals surface area contributed by atoms with Crippen molar-refractivity contribution < 1.29 is 23.7 Å². The van der Waals surface area contributed by atoms with Gasteiger partial charge in [0.2, 0.25) is 6.35 Å². The van der Waals surface area contributed by atoms with Crippen LogP contribution < -0.4 is 4.90 Å². The van der Waals surface area contributed by atoms with Crippen LogP contribution in [-0.4, -0.2) is 87.6 Å². The van der Waals surface area contributed by atoms with E-state index in [2.05, 4.69) is 34.2 Å². The molecule has 0 spiro atoms. The van der Waals surface area contributed by atoms with Gasteiger partial charge in [0.25, 0.3) is 0 Å². The van der Waals surface area contributed by atoms with Gasteiger partial charge in [-0.1, -0.05) is 40.8 Å². The molecule has 12 heteroatoms. The molecule has 198 valence electrons. The highest BCUT2D eigenvalue weighted by Crippen LogP contribution is 2.50. The first-order chi connectivity index (χ1) is 17.7. The van der Waals surface area contributed by atoms with Crippen molar-refractivity contribution in [3.8, 4) is 11.1 Å². The molecule has 3 aliphatic rings. The van der Waals surface area contributed by atoms with Crippen molar-refractivity contribution in [1.82, 2.24) is 9.80 Å². The molecule has 3 heterocycles. The summed E-state index contributed by atoms with van der Waals surface area (Å²) in [6.07, 6.45) is -0.474. The van der Waals surface area contributed by atoms with E-state index in [-0.39, 0.29) is 15.7 Å². The van der Waals surface area contributed by atoms with E-state index >= 15 is 0 Å². The number of aliphatic hydroxyl groups is 2. The summed E-state index contributed by atoms with van der Waals surface area (Å²) in [5, 5.41) is 21.9. The number of thioether (sulfide) groups is 1. The molecule has 7 nitrogen and oxygen atoms in total. The van der Waals surface area contributed by atoms with Crippen LogP contribution in [0.4, 0.5) is 14.5 Å². The average molecular weight is 663 g/mol. The average Bonchev–Trinajstić information content (AvgIpc) is 2.86. The smallest absolute Gasteiger partial charge is 0.227 e. The van der Waals surface area contributed by atoms with Gasteiger partial charge in [-0.05, 0) is 24.3 Å². The van der Waals surface area contributed by atoms with Crippen LogP contribution in [0.2, 0.25) is 5.02 Å². The predicted molar refractivity (Wildman–Crippen MR) is 151 cm³/mol. The highest BCUT2D eigenvalue weighted by molar-refractivity contribution is 14.1. The Kier molecular flexibility index (Phi) is 8.02. The van der Waals surface area contributed by atoms with Crippen LogP contribution in [0.15, 0.2) is 46.8 Å². The fourth-order valence-corrected chi connectivity index (χ4v) is 7.67. The molecule has 5 rings (SSSR count). The largest absolute Gasteiger partial charge is 0.377 e. The summed E-state index contributed by atoms with van der Waals surface area (Å²) in [6.45, 7) is 5.62. The Morgan fingerprint density at radius 2 is 2.14 bits per heavy atom. The van der Waals surface area contributed by atoms with Gasteiger partial charge in [-0.3, -0.25) is 4.90 Å². The van der Waals surface area contributed by atoms with Gasteiger partial charge in [0.05, 0.1) is 34.0 Å². The van der Waals surface area contributed by atoms with E-state index < -0.39 is 24.2 Å². The number of ether oxygens (including phenoxy) is 1. The topological polar surface area (TPSA) is 71.8 Å². The van der Waals surface area contributed by atoms with Crippen molar-refractivity contribution >= 4 is 57.5 Å². The Hall–Kier alpha value is -1.48. The second-order valence-electron chi connectivity index (χ2n) is 9.03. The maximum atomic E-state index is 14.8. The maximum absolute atomic E-state index is 14.8. The molecule has 2 aromatic rings. The standard InChI is InChI=1S/C25H26ClF2IN4O3S/c1-3-20(34)33-14(11-36-12-19(33)29)10-31(2)24-16-9-17(26)21(15-5-4-13(27)8-18(15)28)23-22(16)32(6-7-37-23)25(35)30-24/h3-5,8-9,14,19-20,25,34-35H,1,6-7,10-12H2,2H3. The molecule has 0 saturated carbocycles. The van der Waals surface area contributed by atoms with Gasteiger partial charge in [-0.2, -0.15) is 0 Å². The lowest BCUT2D eigenvalue weighted by atomic mass is 9.98. The number of benzene rings is 2. The van der Waals surface area contributed by atoms with Crippen molar-refractivity contribution in [2.24, 2.45) is 4.99 Å². The second kappa shape index (κ2) is 10.9. The molecule has 0 bridgehead atoms. The number of rotatable bonds is 5. The minimum absolute atomic E-state index is 0.0457. The fourth-order valence-electron chi connectivity index (χ4n) is 5.05. The summed E-state index contributed by atoms with van der Waals surface area (Å²) in [7, 11) is 1.86. The van der Waals surface area contributed by atoms with E-state index in [1.165, 1.54) is 30.0 Å². The number of aliphatic hydroxyl groups excluding tert-OH is 2. The molecular formula is C25H26ClF2IN4O3S. The minimum Gasteiger partial charge on any atom is -0.377 e. The van der Waals surface area contributed by atoms with Gasteiger partial charge < -0.3 is 24.7 Å². The third-order valence-corrected chi connectivity index (χ3v) is 9.08. The fraction of sp³-hybridized carbons (Fsp3) is 0.400. The van der Waals surface area contributed by atoms with E-state index in [0.717, 1.165) is 16.6 Å². The maximum Gasteiger partial charge on any atom is 0.227 e. The van der Waals surface area contributed by atoms with Gasteiger partial charge in [0, 0.05) is 53.5 Å². The summed E-state index contributed by atoms with van der Waals surface area (Å²) in [4.78, 5) is 10.9. The van der Waals surface area contributed by atoms with Gasteiger partial charge >= 0.3 is 0 Å². The number of anilines is 1. The Morgan fingerprint density at radius 3 is 2.86 bits per heavy atom. The molecule has 0 amide bonds. The Morgan fingerprint density at radius 1 is 1.35 bits per heavy atom. The molecule has 0 radical (unpaired) electrons. The number of alkyl halides is 1. The number of amidine groups is 1. The molecule has 0 aliphatic carbocycles. The SMILES string of the molecule is C=CC(O)N1C(I)COCC1CN(C)C1=NC(O)N2CCSc3c(-c4ccc(F)cc4F)c(Cl)cc1c32. The van der Waals surface area contributed by atoms with Gasteiger partial charge in [-0.25, -0.2) is 13.8 Å². The quantitative estimate of drug-likeness (QED) is 0.216. The normalized spacial score (nSPS) is 24.4. The van der Waals surface area contributed by atoms with Crippen molar-refractivity contribution in [2.45, 2.75) is 27.6 Å². The number of nitrogens with zero attached hydrogens (tertiary/aromatic N) is 4. The third kappa shape index (κ3) is 4.99. The summed E-state index contributed by atoms with van der Waals surface area (Å²) >= 11 is 10.5. The first-order valence-electron chi connectivity index (χ1n) is 11.7. The molecule has 37 heavy (non-hydrogen) atoms. The van der Waals surface area contributed by atoms with E-state index in [4.69, 9.17) is 16.3 Å². The molecule has 4 atom stereocenters. The van der Waals surface area contributed by atoms with E-state index in [1.54, 1.807) is 11.0 Å². The molecule has 3 aliphatic heterocycles. The second-order valence-corrected chi connectivity index (χ2v) is 12.0. The summed E-state index contributed by atoms with van der Waals surface area (Å²) in [5.41, 5.74) is 2.10. The number of hydrogen-bond acceptors (Lipinski definition) is 8.